The minimum atomic E-state index is -0.488. The lowest BCUT2D eigenvalue weighted by Crippen LogP contribution is -2.44. The molecule has 0 aliphatic heterocycles. The first kappa shape index (κ1) is 13.0. The van der Waals surface area contributed by atoms with Gasteiger partial charge in [0.2, 0.25) is 11.8 Å². The molecular formula is C12H22N2O2. The highest BCUT2D eigenvalue weighted by molar-refractivity contribution is 5.85. The summed E-state index contributed by atoms with van der Waals surface area (Å²) >= 11 is 0. The molecule has 92 valence electrons. The number of rotatable bonds is 3. The number of carbonyl (C=O) groups is 2. The monoisotopic (exact) mass is 226 g/mol. The van der Waals surface area contributed by atoms with Crippen LogP contribution in [0.3, 0.4) is 0 Å². The molecule has 2 amide bonds. The Hall–Kier alpha value is -1.06. The smallest absolute Gasteiger partial charge is 0.236 e. The summed E-state index contributed by atoms with van der Waals surface area (Å²) in [6.07, 6.45) is 2.16. The van der Waals surface area contributed by atoms with Gasteiger partial charge in [0, 0.05) is 5.92 Å². The van der Waals surface area contributed by atoms with Crippen LogP contribution < -0.4 is 11.1 Å². The Balaban J connectivity index is 2.56. The third-order valence-corrected chi connectivity index (χ3v) is 3.51. The summed E-state index contributed by atoms with van der Waals surface area (Å²) in [4.78, 5) is 22.5. The van der Waals surface area contributed by atoms with Gasteiger partial charge < -0.3 is 11.1 Å². The molecule has 1 saturated carbocycles. The molecule has 1 rings (SSSR count). The van der Waals surface area contributed by atoms with Crippen LogP contribution >= 0.6 is 0 Å². The molecule has 0 saturated heterocycles. The molecule has 0 spiro atoms. The minimum absolute atomic E-state index is 0.0225. The van der Waals surface area contributed by atoms with Crippen molar-refractivity contribution < 1.29 is 9.59 Å². The molecule has 4 nitrogen and oxygen atoms in total. The standard InChI is InChI=1S/C12H22N2O2/c1-7-4-8(2)11(9(3)5-7)12(16)14-6-10(13)15/h7-9,11H,4-6H2,1-3H3,(H2,13,15)(H,14,16)/t7?,8-,9+,11+. The second kappa shape index (κ2) is 5.32. The van der Waals surface area contributed by atoms with E-state index in [1.54, 1.807) is 0 Å². The molecule has 0 heterocycles. The van der Waals surface area contributed by atoms with Gasteiger partial charge in [-0.3, -0.25) is 9.59 Å². The van der Waals surface area contributed by atoms with Crippen LogP contribution in [0.1, 0.15) is 33.6 Å². The van der Waals surface area contributed by atoms with Gasteiger partial charge in [0.15, 0.2) is 0 Å². The van der Waals surface area contributed by atoms with Gasteiger partial charge in [0.25, 0.3) is 0 Å². The predicted octanol–water partition coefficient (Wildman–Crippen LogP) is 0.906. The average molecular weight is 226 g/mol. The van der Waals surface area contributed by atoms with E-state index in [0.29, 0.717) is 17.8 Å². The SMILES string of the molecule is CC1C[C@@H](C)[C@H](C(=O)NCC(N)=O)[C@@H](C)C1. The van der Waals surface area contributed by atoms with Crippen molar-refractivity contribution in [2.75, 3.05) is 6.54 Å². The first-order valence-corrected chi connectivity index (χ1v) is 5.97. The number of hydrogen-bond donors (Lipinski definition) is 2. The Morgan fingerprint density at radius 3 is 2.12 bits per heavy atom. The first-order chi connectivity index (χ1) is 7.41. The Kier molecular flexibility index (Phi) is 4.33. The van der Waals surface area contributed by atoms with Gasteiger partial charge in [-0.25, -0.2) is 0 Å². The Bertz CT molecular complexity index is 266. The van der Waals surface area contributed by atoms with Crippen LogP contribution in [0.4, 0.5) is 0 Å². The summed E-state index contributed by atoms with van der Waals surface area (Å²) in [5.41, 5.74) is 5.01. The molecule has 0 aromatic rings. The van der Waals surface area contributed by atoms with Gasteiger partial charge in [0.1, 0.15) is 0 Å². The molecular weight excluding hydrogens is 204 g/mol. The van der Waals surface area contributed by atoms with Crippen LogP contribution in [0, 0.1) is 23.7 Å². The number of hydrogen-bond acceptors (Lipinski definition) is 2. The molecule has 4 heteroatoms. The predicted molar refractivity (Wildman–Crippen MR) is 62.4 cm³/mol. The van der Waals surface area contributed by atoms with E-state index in [9.17, 15) is 9.59 Å². The van der Waals surface area contributed by atoms with Gasteiger partial charge in [-0.1, -0.05) is 20.8 Å². The second-order valence-electron chi connectivity index (χ2n) is 5.24. The minimum Gasteiger partial charge on any atom is -0.368 e. The summed E-state index contributed by atoms with van der Waals surface area (Å²) in [5.74, 6) is 0.961. The summed E-state index contributed by atoms with van der Waals surface area (Å²) in [6, 6.07) is 0. The van der Waals surface area contributed by atoms with E-state index >= 15 is 0 Å². The molecule has 1 unspecified atom stereocenters. The molecule has 1 aliphatic rings. The maximum absolute atomic E-state index is 11.9. The molecule has 0 aromatic carbocycles. The molecule has 16 heavy (non-hydrogen) atoms. The van der Waals surface area contributed by atoms with Crippen molar-refractivity contribution in [1.82, 2.24) is 5.32 Å². The lowest BCUT2D eigenvalue weighted by molar-refractivity contribution is -0.132. The van der Waals surface area contributed by atoms with Crippen molar-refractivity contribution in [3.63, 3.8) is 0 Å². The van der Waals surface area contributed by atoms with Crippen molar-refractivity contribution in [2.45, 2.75) is 33.6 Å². The fourth-order valence-electron chi connectivity index (χ4n) is 3.03. The maximum Gasteiger partial charge on any atom is 0.236 e. The Morgan fingerprint density at radius 1 is 1.19 bits per heavy atom. The van der Waals surface area contributed by atoms with Crippen LogP contribution in [-0.2, 0) is 9.59 Å². The summed E-state index contributed by atoms with van der Waals surface area (Å²) in [5, 5.41) is 2.61. The van der Waals surface area contributed by atoms with Crippen LogP contribution in [0.15, 0.2) is 0 Å². The number of carbonyl (C=O) groups excluding carboxylic acids is 2. The van der Waals surface area contributed by atoms with E-state index in [0.717, 1.165) is 12.8 Å². The van der Waals surface area contributed by atoms with Gasteiger partial charge in [-0.15, -0.1) is 0 Å². The van der Waals surface area contributed by atoms with Crippen molar-refractivity contribution in [3.8, 4) is 0 Å². The number of amides is 2. The van der Waals surface area contributed by atoms with E-state index in [-0.39, 0.29) is 18.4 Å². The Labute approximate surface area is 97.0 Å². The van der Waals surface area contributed by atoms with Crippen molar-refractivity contribution in [3.05, 3.63) is 0 Å². The maximum atomic E-state index is 11.9. The summed E-state index contributed by atoms with van der Waals surface area (Å²) in [6.45, 7) is 6.40. The van der Waals surface area contributed by atoms with Gasteiger partial charge in [0.05, 0.1) is 6.54 Å². The molecule has 1 aliphatic carbocycles. The zero-order chi connectivity index (χ0) is 12.3. The highest BCUT2D eigenvalue weighted by Crippen LogP contribution is 2.37. The first-order valence-electron chi connectivity index (χ1n) is 5.97. The topological polar surface area (TPSA) is 72.2 Å². The highest BCUT2D eigenvalue weighted by Gasteiger charge is 2.35. The van der Waals surface area contributed by atoms with Crippen LogP contribution in [0.25, 0.3) is 0 Å². The Morgan fingerprint density at radius 2 is 1.69 bits per heavy atom. The van der Waals surface area contributed by atoms with Crippen LogP contribution in [-0.4, -0.2) is 18.4 Å². The van der Waals surface area contributed by atoms with E-state index in [1.165, 1.54) is 0 Å². The molecule has 0 aromatic heterocycles. The zero-order valence-electron chi connectivity index (χ0n) is 10.3. The van der Waals surface area contributed by atoms with Crippen LogP contribution in [0.2, 0.25) is 0 Å². The van der Waals surface area contributed by atoms with Crippen molar-refractivity contribution in [1.29, 1.82) is 0 Å². The van der Waals surface area contributed by atoms with E-state index in [2.05, 4.69) is 26.1 Å². The molecule has 1 fully saturated rings. The number of primary amides is 1. The third-order valence-electron chi connectivity index (χ3n) is 3.51. The zero-order valence-corrected chi connectivity index (χ0v) is 10.3. The lowest BCUT2D eigenvalue weighted by Gasteiger charge is -2.36. The largest absolute Gasteiger partial charge is 0.368 e. The second-order valence-corrected chi connectivity index (χ2v) is 5.24. The molecule has 0 bridgehead atoms. The van der Waals surface area contributed by atoms with Gasteiger partial charge in [-0.05, 0) is 30.6 Å². The molecule has 0 radical (unpaired) electrons. The van der Waals surface area contributed by atoms with E-state index in [1.807, 2.05) is 0 Å². The fraction of sp³-hybridized carbons (Fsp3) is 0.833. The van der Waals surface area contributed by atoms with Crippen LogP contribution in [0.5, 0.6) is 0 Å². The summed E-state index contributed by atoms with van der Waals surface area (Å²) < 4.78 is 0. The van der Waals surface area contributed by atoms with E-state index in [4.69, 9.17) is 5.73 Å². The summed E-state index contributed by atoms with van der Waals surface area (Å²) in [7, 11) is 0. The highest BCUT2D eigenvalue weighted by atomic mass is 16.2. The van der Waals surface area contributed by atoms with Gasteiger partial charge in [-0.2, -0.15) is 0 Å². The molecule has 4 atom stereocenters. The number of nitrogens with one attached hydrogen (secondary N) is 1. The normalized spacial score (nSPS) is 34.4. The number of nitrogens with two attached hydrogens (primary N) is 1. The van der Waals surface area contributed by atoms with Crippen molar-refractivity contribution in [2.24, 2.45) is 29.4 Å². The quantitative estimate of drug-likeness (QED) is 0.750. The third kappa shape index (κ3) is 3.22. The van der Waals surface area contributed by atoms with E-state index < -0.39 is 5.91 Å². The van der Waals surface area contributed by atoms with Gasteiger partial charge >= 0.3 is 0 Å². The molecule has 3 N–H and O–H groups in total. The van der Waals surface area contributed by atoms with Crippen molar-refractivity contribution >= 4 is 11.8 Å². The lowest BCUT2D eigenvalue weighted by atomic mass is 9.69. The fourth-order valence-corrected chi connectivity index (χ4v) is 3.03. The average Bonchev–Trinajstić information content (AvgIpc) is 2.12.